The molecule has 0 aliphatic heterocycles. The SMILES string of the molecule is O=CC1CCC(COC(=O)N(c2ccccc2)c2ccc(Cl)cc2)CC1. The standard InChI is InChI=1S/C21H22ClNO3/c22-18-10-12-20(13-11-18)23(19-4-2-1-3-5-19)21(25)26-15-17-8-6-16(14-24)7-9-17/h1-5,10-14,16-17H,6-9,15H2. The van der Waals surface area contributed by atoms with Crippen molar-refractivity contribution in [2.75, 3.05) is 11.5 Å². The fourth-order valence-electron chi connectivity index (χ4n) is 3.27. The molecule has 5 heteroatoms. The normalized spacial score (nSPS) is 19.6. The quantitative estimate of drug-likeness (QED) is 0.641. The molecule has 1 amide bonds. The summed E-state index contributed by atoms with van der Waals surface area (Å²) in [7, 11) is 0. The van der Waals surface area contributed by atoms with E-state index in [1.807, 2.05) is 30.3 Å². The van der Waals surface area contributed by atoms with E-state index >= 15 is 0 Å². The monoisotopic (exact) mass is 371 g/mol. The van der Waals surface area contributed by atoms with Crippen LogP contribution in [0.2, 0.25) is 5.02 Å². The van der Waals surface area contributed by atoms with Gasteiger partial charge in [0, 0.05) is 10.9 Å². The number of ether oxygens (including phenoxy) is 1. The van der Waals surface area contributed by atoms with Crippen LogP contribution in [0.15, 0.2) is 54.6 Å². The van der Waals surface area contributed by atoms with Gasteiger partial charge in [0.05, 0.1) is 18.0 Å². The third-order valence-corrected chi connectivity index (χ3v) is 5.06. The maximum atomic E-state index is 12.8. The van der Waals surface area contributed by atoms with E-state index in [-0.39, 0.29) is 5.92 Å². The second kappa shape index (κ2) is 8.86. The lowest BCUT2D eigenvalue weighted by atomic mass is 9.83. The molecule has 1 fully saturated rings. The molecule has 0 bridgehead atoms. The minimum Gasteiger partial charge on any atom is -0.449 e. The molecule has 136 valence electrons. The molecular formula is C21H22ClNO3. The van der Waals surface area contributed by atoms with Crippen molar-refractivity contribution >= 4 is 35.4 Å². The molecule has 0 spiro atoms. The highest BCUT2D eigenvalue weighted by Crippen LogP contribution is 2.30. The van der Waals surface area contributed by atoms with Gasteiger partial charge in [-0.05, 0) is 68.0 Å². The third kappa shape index (κ3) is 4.64. The molecule has 0 atom stereocenters. The van der Waals surface area contributed by atoms with Gasteiger partial charge in [0.15, 0.2) is 0 Å². The number of nitrogens with zero attached hydrogens (tertiary/aromatic N) is 1. The van der Waals surface area contributed by atoms with Gasteiger partial charge in [0.25, 0.3) is 0 Å². The first-order valence-corrected chi connectivity index (χ1v) is 9.28. The lowest BCUT2D eigenvalue weighted by Crippen LogP contribution is -2.29. The summed E-state index contributed by atoms with van der Waals surface area (Å²) < 4.78 is 5.62. The zero-order valence-electron chi connectivity index (χ0n) is 14.5. The Balaban J connectivity index is 1.69. The highest BCUT2D eigenvalue weighted by molar-refractivity contribution is 6.30. The zero-order chi connectivity index (χ0) is 18.4. The first kappa shape index (κ1) is 18.5. The van der Waals surface area contributed by atoms with Gasteiger partial charge >= 0.3 is 6.09 Å². The van der Waals surface area contributed by atoms with Crippen LogP contribution < -0.4 is 4.90 Å². The number of carbonyl (C=O) groups is 2. The number of hydrogen-bond acceptors (Lipinski definition) is 3. The predicted molar refractivity (Wildman–Crippen MR) is 103 cm³/mol. The summed E-state index contributed by atoms with van der Waals surface area (Å²) in [6.45, 7) is 0.376. The second-order valence-corrected chi connectivity index (χ2v) is 7.08. The van der Waals surface area contributed by atoms with Crippen LogP contribution >= 0.6 is 11.6 Å². The molecule has 0 radical (unpaired) electrons. The number of carbonyl (C=O) groups excluding carboxylic acids is 2. The third-order valence-electron chi connectivity index (χ3n) is 4.81. The van der Waals surface area contributed by atoms with E-state index < -0.39 is 6.09 Å². The van der Waals surface area contributed by atoms with E-state index in [9.17, 15) is 9.59 Å². The summed E-state index contributed by atoms with van der Waals surface area (Å²) in [4.78, 5) is 25.2. The van der Waals surface area contributed by atoms with E-state index in [0.717, 1.165) is 37.7 Å². The lowest BCUT2D eigenvalue weighted by molar-refractivity contribution is -0.112. The molecule has 2 aromatic carbocycles. The molecule has 3 rings (SSSR count). The van der Waals surface area contributed by atoms with Crippen molar-refractivity contribution in [1.82, 2.24) is 0 Å². The van der Waals surface area contributed by atoms with Gasteiger partial charge in [-0.25, -0.2) is 9.69 Å². The van der Waals surface area contributed by atoms with Crippen LogP contribution in [-0.2, 0) is 9.53 Å². The van der Waals surface area contributed by atoms with Crippen molar-refractivity contribution in [3.8, 4) is 0 Å². The van der Waals surface area contributed by atoms with Gasteiger partial charge in [-0.2, -0.15) is 0 Å². The molecule has 0 aromatic heterocycles. The smallest absolute Gasteiger partial charge is 0.418 e. The molecule has 26 heavy (non-hydrogen) atoms. The highest BCUT2D eigenvalue weighted by atomic mass is 35.5. The van der Waals surface area contributed by atoms with E-state index in [2.05, 4.69) is 0 Å². The van der Waals surface area contributed by atoms with Gasteiger partial charge in [0.1, 0.15) is 6.29 Å². The Kier molecular flexibility index (Phi) is 6.29. The van der Waals surface area contributed by atoms with Crippen molar-refractivity contribution in [2.45, 2.75) is 25.7 Å². The molecule has 0 N–H and O–H groups in total. The van der Waals surface area contributed by atoms with Crippen LogP contribution in [0.5, 0.6) is 0 Å². The van der Waals surface area contributed by atoms with Crippen LogP contribution in [0.3, 0.4) is 0 Å². The van der Waals surface area contributed by atoms with E-state index in [1.54, 1.807) is 29.2 Å². The predicted octanol–water partition coefficient (Wildman–Crippen LogP) is 5.62. The first-order chi connectivity index (χ1) is 12.7. The summed E-state index contributed by atoms with van der Waals surface area (Å²) in [5, 5.41) is 0.613. The molecule has 0 heterocycles. The summed E-state index contributed by atoms with van der Waals surface area (Å²) in [5.41, 5.74) is 1.44. The molecular weight excluding hydrogens is 350 g/mol. The van der Waals surface area contributed by atoms with Crippen LogP contribution in [0.1, 0.15) is 25.7 Å². The Hall–Kier alpha value is -2.33. The van der Waals surface area contributed by atoms with Crippen molar-refractivity contribution in [2.24, 2.45) is 11.8 Å². The van der Waals surface area contributed by atoms with E-state index in [1.165, 1.54) is 0 Å². The van der Waals surface area contributed by atoms with Crippen LogP contribution in [0.4, 0.5) is 16.2 Å². The Morgan fingerprint density at radius 2 is 1.62 bits per heavy atom. The molecule has 1 saturated carbocycles. The fraction of sp³-hybridized carbons (Fsp3) is 0.333. The molecule has 4 nitrogen and oxygen atoms in total. The minimum atomic E-state index is -0.406. The minimum absolute atomic E-state index is 0.164. The number of rotatable bonds is 5. The zero-order valence-corrected chi connectivity index (χ0v) is 15.3. The Morgan fingerprint density at radius 1 is 1.00 bits per heavy atom. The molecule has 2 aromatic rings. The van der Waals surface area contributed by atoms with E-state index in [0.29, 0.717) is 23.2 Å². The number of hydrogen-bond donors (Lipinski definition) is 0. The molecule has 1 aliphatic rings. The van der Waals surface area contributed by atoms with Crippen molar-refractivity contribution in [3.05, 3.63) is 59.6 Å². The summed E-state index contributed by atoms with van der Waals surface area (Å²) >= 11 is 5.97. The largest absolute Gasteiger partial charge is 0.449 e. The lowest BCUT2D eigenvalue weighted by Gasteiger charge is -2.27. The number of para-hydroxylation sites is 1. The van der Waals surface area contributed by atoms with Crippen LogP contribution in [-0.4, -0.2) is 19.0 Å². The van der Waals surface area contributed by atoms with Crippen molar-refractivity contribution in [1.29, 1.82) is 0 Å². The Bertz CT molecular complexity index is 725. The Labute approximate surface area is 158 Å². The van der Waals surface area contributed by atoms with Crippen molar-refractivity contribution in [3.63, 3.8) is 0 Å². The van der Waals surface area contributed by atoms with Crippen LogP contribution in [0, 0.1) is 11.8 Å². The Morgan fingerprint density at radius 3 is 2.23 bits per heavy atom. The molecule has 0 unspecified atom stereocenters. The number of amides is 1. The van der Waals surface area contributed by atoms with Gasteiger partial charge in [-0.15, -0.1) is 0 Å². The van der Waals surface area contributed by atoms with E-state index in [4.69, 9.17) is 16.3 Å². The fourth-order valence-corrected chi connectivity index (χ4v) is 3.40. The maximum Gasteiger partial charge on any atom is 0.418 e. The average Bonchev–Trinajstić information content (AvgIpc) is 2.69. The van der Waals surface area contributed by atoms with Gasteiger partial charge in [-0.3, -0.25) is 0 Å². The topological polar surface area (TPSA) is 46.6 Å². The van der Waals surface area contributed by atoms with Gasteiger partial charge < -0.3 is 9.53 Å². The number of anilines is 2. The summed E-state index contributed by atoms with van der Waals surface area (Å²) in [5.74, 6) is 0.481. The summed E-state index contributed by atoms with van der Waals surface area (Å²) in [6.07, 6.45) is 4.23. The average molecular weight is 372 g/mol. The first-order valence-electron chi connectivity index (χ1n) is 8.90. The molecule has 0 saturated heterocycles. The van der Waals surface area contributed by atoms with Crippen LogP contribution in [0.25, 0.3) is 0 Å². The van der Waals surface area contributed by atoms with Crippen molar-refractivity contribution < 1.29 is 14.3 Å². The highest BCUT2D eigenvalue weighted by Gasteiger charge is 2.24. The molecule has 1 aliphatic carbocycles. The van der Waals surface area contributed by atoms with Gasteiger partial charge in [0.2, 0.25) is 0 Å². The second-order valence-electron chi connectivity index (χ2n) is 6.64. The number of aldehydes is 1. The number of benzene rings is 2. The summed E-state index contributed by atoms with van der Waals surface area (Å²) in [6, 6.07) is 16.5. The maximum absolute atomic E-state index is 12.8. The van der Waals surface area contributed by atoms with Gasteiger partial charge in [-0.1, -0.05) is 29.8 Å². The number of halogens is 1.